The van der Waals surface area contributed by atoms with Crippen LogP contribution in [-0.4, -0.2) is 23.0 Å². The van der Waals surface area contributed by atoms with Crippen molar-refractivity contribution in [2.24, 2.45) is 0 Å². The van der Waals surface area contributed by atoms with E-state index in [1.165, 1.54) is 0 Å². The van der Waals surface area contributed by atoms with E-state index in [-0.39, 0.29) is 16.8 Å². The molecular formula is C12H16ClN3O5. The van der Waals surface area contributed by atoms with E-state index in [0.29, 0.717) is 0 Å². The van der Waals surface area contributed by atoms with Gasteiger partial charge in [-0.25, -0.2) is 0 Å². The van der Waals surface area contributed by atoms with Gasteiger partial charge < -0.3 is 10.1 Å². The molecule has 1 N–H and O–H groups in total. The van der Waals surface area contributed by atoms with Gasteiger partial charge in [-0.15, -0.1) is 0 Å². The van der Waals surface area contributed by atoms with Gasteiger partial charge in [-0.1, -0.05) is 25.4 Å². The van der Waals surface area contributed by atoms with Crippen molar-refractivity contribution in [3.8, 4) is 5.75 Å². The summed E-state index contributed by atoms with van der Waals surface area (Å²) in [4.78, 5) is 20.8. The Bertz CT molecular complexity index is 560. The normalized spacial score (nSPS) is 10.5. The maximum absolute atomic E-state index is 11.3. The van der Waals surface area contributed by atoms with Crippen molar-refractivity contribution in [1.29, 1.82) is 0 Å². The monoisotopic (exact) mass is 317 g/mol. The minimum atomic E-state index is -0.765. The predicted molar refractivity (Wildman–Crippen MR) is 79.3 cm³/mol. The molecule has 0 aliphatic heterocycles. The van der Waals surface area contributed by atoms with Crippen LogP contribution in [0.2, 0.25) is 5.02 Å². The minimum Gasteiger partial charge on any atom is -0.485 e. The molecule has 0 amide bonds. The molecule has 0 unspecified atom stereocenters. The Morgan fingerprint density at radius 3 is 2.24 bits per heavy atom. The van der Waals surface area contributed by atoms with Crippen molar-refractivity contribution in [3.63, 3.8) is 0 Å². The number of rotatable bonds is 7. The number of nitro groups is 2. The van der Waals surface area contributed by atoms with Crippen LogP contribution in [0.3, 0.4) is 0 Å². The van der Waals surface area contributed by atoms with Crippen LogP contribution in [0.4, 0.5) is 17.1 Å². The molecule has 116 valence electrons. The van der Waals surface area contributed by atoms with Gasteiger partial charge in [0.15, 0.2) is 0 Å². The van der Waals surface area contributed by atoms with Crippen molar-refractivity contribution >= 4 is 28.7 Å². The molecule has 0 aromatic heterocycles. The second-order valence-electron chi connectivity index (χ2n) is 4.31. The van der Waals surface area contributed by atoms with E-state index in [1.54, 1.807) is 0 Å². The molecule has 0 spiro atoms. The Morgan fingerprint density at radius 2 is 1.86 bits per heavy atom. The van der Waals surface area contributed by atoms with Gasteiger partial charge in [0.05, 0.1) is 22.0 Å². The zero-order chi connectivity index (χ0) is 16.2. The Morgan fingerprint density at radius 1 is 1.29 bits per heavy atom. The lowest BCUT2D eigenvalue weighted by molar-refractivity contribution is -0.395. The van der Waals surface area contributed by atoms with E-state index in [4.69, 9.17) is 16.3 Å². The number of nitrogens with zero attached hydrogens (tertiary/aromatic N) is 2. The van der Waals surface area contributed by atoms with Crippen LogP contribution in [0.5, 0.6) is 5.75 Å². The molecule has 21 heavy (non-hydrogen) atoms. The van der Waals surface area contributed by atoms with Crippen LogP contribution < -0.4 is 10.1 Å². The smallest absolute Gasteiger partial charge is 0.342 e. The molecule has 9 heteroatoms. The van der Waals surface area contributed by atoms with Gasteiger partial charge in [0.2, 0.25) is 0 Å². The lowest BCUT2D eigenvalue weighted by atomic mass is 10.1. The van der Waals surface area contributed by atoms with E-state index in [1.807, 2.05) is 13.8 Å². The van der Waals surface area contributed by atoms with Crippen LogP contribution in [0.25, 0.3) is 0 Å². The van der Waals surface area contributed by atoms with E-state index < -0.39 is 27.0 Å². The number of nitrogens with one attached hydrogen (secondary N) is 1. The topological polar surface area (TPSA) is 108 Å². The Kier molecular flexibility index (Phi) is 5.71. The maximum atomic E-state index is 11.3. The van der Waals surface area contributed by atoms with Gasteiger partial charge in [0.25, 0.3) is 5.75 Å². The van der Waals surface area contributed by atoms with E-state index in [9.17, 15) is 20.2 Å². The first kappa shape index (κ1) is 17.0. The molecule has 8 nitrogen and oxygen atoms in total. The fourth-order valence-corrected chi connectivity index (χ4v) is 2.20. The number of hydrogen-bond acceptors (Lipinski definition) is 6. The number of benzene rings is 1. The number of methoxy groups -OCH3 is 1. The van der Waals surface area contributed by atoms with Gasteiger partial charge in [-0.2, -0.15) is 0 Å². The maximum Gasteiger partial charge on any atom is 0.342 e. The molecule has 0 fully saturated rings. The average molecular weight is 318 g/mol. The molecule has 0 aliphatic carbocycles. The third-order valence-electron chi connectivity index (χ3n) is 3.10. The number of hydrogen-bond donors (Lipinski definition) is 1. The largest absolute Gasteiger partial charge is 0.485 e. The van der Waals surface area contributed by atoms with Crippen LogP contribution in [-0.2, 0) is 0 Å². The van der Waals surface area contributed by atoms with E-state index in [2.05, 4.69) is 5.32 Å². The summed E-state index contributed by atoms with van der Waals surface area (Å²) in [5.74, 6) is -0.414. The zero-order valence-corrected chi connectivity index (χ0v) is 12.6. The lowest BCUT2D eigenvalue weighted by Gasteiger charge is -2.18. The highest BCUT2D eigenvalue weighted by atomic mass is 35.5. The molecule has 0 saturated carbocycles. The van der Waals surface area contributed by atoms with Crippen molar-refractivity contribution in [1.82, 2.24) is 0 Å². The molecule has 0 heterocycles. The summed E-state index contributed by atoms with van der Waals surface area (Å²) in [6, 6.07) is 1.02. The van der Waals surface area contributed by atoms with Gasteiger partial charge >= 0.3 is 11.4 Å². The second-order valence-corrected chi connectivity index (χ2v) is 4.71. The second kappa shape index (κ2) is 7.07. The standard InChI is InChI=1S/C12H16ClN3O5/c1-4-7(5-2)14-10-8(13)6-9(15(17)18)12(21-3)11(10)16(19)20/h6-7,14H,4-5H2,1-3H3. The first-order chi connectivity index (χ1) is 9.87. The third kappa shape index (κ3) is 3.52. The number of anilines is 1. The van der Waals surface area contributed by atoms with Gasteiger partial charge in [-0.05, 0) is 12.8 Å². The summed E-state index contributed by atoms with van der Waals surface area (Å²) in [6.07, 6.45) is 1.45. The van der Waals surface area contributed by atoms with Crippen LogP contribution in [0.15, 0.2) is 6.07 Å². The number of halogens is 1. The molecule has 1 aromatic rings. The quantitative estimate of drug-likeness (QED) is 0.606. The van der Waals surface area contributed by atoms with Crippen molar-refractivity contribution in [2.45, 2.75) is 32.7 Å². The fourth-order valence-electron chi connectivity index (χ4n) is 1.95. The van der Waals surface area contributed by atoms with Crippen molar-refractivity contribution in [2.75, 3.05) is 12.4 Å². The fraction of sp³-hybridized carbons (Fsp3) is 0.500. The van der Waals surface area contributed by atoms with Gasteiger partial charge in [0.1, 0.15) is 5.69 Å². The molecule has 0 saturated heterocycles. The van der Waals surface area contributed by atoms with E-state index >= 15 is 0 Å². The number of ether oxygens (including phenoxy) is 1. The molecule has 0 radical (unpaired) electrons. The lowest BCUT2D eigenvalue weighted by Crippen LogP contribution is -2.18. The average Bonchev–Trinajstić information content (AvgIpc) is 2.44. The Labute approximate surface area is 126 Å². The highest BCUT2D eigenvalue weighted by Crippen LogP contribution is 2.46. The summed E-state index contributed by atoms with van der Waals surface area (Å²) < 4.78 is 4.86. The molecule has 1 aromatic carbocycles. The highest BCUT2D eigenvalue weighted by Gasteiger charge is 2.33. The summed E-state index contributed by atoms with van der Waals surface area (Å²) >= 11 is 5.98. The van der Waals surface area contributed by atoms with Crippen LogP contribution in [0.1, 0.15) is 26.7 Å². The Balaban J connectivity index is 3.56. The highest BCUT2D eigenvalue weighted by molar-refractivity contribution is 6.34. The summed E-state index contributed by atoms with van der Waals surface area (Å²) in [5.41, 5.74) is -1.02. The molecule has 0 aliphatic rings. The van der Waals surface area contributed by atoms with E-state index in [0.717, 1.165) is 26.0 Å². The molecular weight excluding hydrogens is 302 g/mol. The summed E-state index contributed by atoms with van der Waals surface area (Å²) in [7, 11) is 1.14. The summed E-state index contributed by atoms with van der Waals surface area (Å²) in [6.45, 7) is 3.84. The first-order valence-electron chi connectivity index (χ1n) is 6.33. The molecule has 0 atom stereocenters. The summed E-state index contributed by atoms with van der Waals surface area (Å²) in [5, 5.41) is 25.1. The third-order valence-corrected chi connectivity index (χ3v) is 3.40. The van der Waals surface area contributed by atoms with Crippen LogP contribution >= 0.6 is 11.6 Å². The molecule has 0 bridgehead atoms. The zero-order valence-electron chi connectivity index (χ0n) is 11.9. The Hall–Kier alpha value is -2.09. The van der Waals surface area contributed by atoms with Gasteiger partial charge in [-0.3, -0.25) is 20.2 Å². The minimum absolute atomic E-state index is 0.0348. The van der Waals surface area contributed by atoms with Crippen molar-refractivity contribution in [3.05, 3.63) is 31.3 Å². The first-order valence-corrected chi connectivity index (χ1v) is 6.70. The van der Waals surface area contributed by atoms with Crippen LogP contribution in [0, 0.1) is 20.2 Å². The predicted octanol–water partition coefficient (Wildman–Crippen LogP) is 3.77. The van der Waals surface area contributed by atoms with Crippen molar-refractivity contribution < 1.29 is 14.6 Å². The molecule has 1 rings (SSSR count). The SMILES string of the molecule is CCC(CC)Nc1c(Cl)cc([N+](=O)[O-])c(OC)c1[N+](=O)[O-]. The number of nitro benzene ring substituents is 2. The van der Waals surface area contributed by atoms with Gasteiger partial charge in [0, 0.05) is 12.1 Å².